The van der Waals surface area contributed by atoms with Gasteiger partial charge in [-0.25, -0.2) is 0 Å². The van der Waals surface area contributed by atoms with Gasteiger partial charge in [0.15, 0.2) is 0 Å². The number of hydrogen-bond donors (Lipinski definition) is 2. The normalized spacial score (nSPS) is 11.0. The van der Waals surface area contributed by atoms with E-state index in [1.165, 1.54) is 12.1 Å². The van der Waals surface area contributed by atoms with Crippen LogP contribution >= 0.6 is 0 Å². The number of nitrogens with one attached hydrogen (secondary N) is 1. The molecule has 0 amide bonds. The highest BCUT2D eigenvalue weighted by Crippen LogP contribution is 2.29. The molecule has 0 aliphatic rings. The van der Waals surface area contributed by atoms with Gasteiger partial charge in [-0.15, -0.1) is 0 Å². The van der Waals surface area contributed by atoms with Gasteiger partial charge in [0, 0.05) is 29.8 Å². The van der Waals surface area contributed by atoms with Crippen molar-refractivity contribution in [3.63, 3.8) is 0 Å². The Hall–Kier alpha value is -2.31. The zero-order valence-electron chi connectivity index (χ0n) is 12.4. The number of non-ortho nitro benzene ring substituents is 1. The summed E-state index contributed by atoms with van der Waals surface area (Å²) in [5, 5.41) is 22.8. The number of rotatable bonds is 8. The molecule has 7 heteroatoms. The lowest BCUT2D eigenvalue weighted by atomic mass is 9.98. The molecule has 0 bridgehead atoms. The maximum atomic E-state index is 10.9. The van der Waals surface area contributed by atoms with Crippen LogP contribution in [0.4, 0.5) is 11.4 Å². The van der Waals surface area contributed by atoms with Crippen LogP contribution in [0.3, 0.4) is 0 Å². The summed E-state index contributed by atoms with van der Waals surface area (Å²) in [5.74, 6) is -0.470. The van der Waals surface area contributed by atoms with Crippen LogP contribution in [-0.2, 0) is 4.79 Å². The van der Waals surface area contributed by atoms with E-state index < -0.39 is 16.4 Å². The van der Waals surface area contributed by atoms with Crippen LogP contribution in [0, 0.1) is 10.1 Å². The topological polar surface area (TPSA) is 102 Å². The monoisotopic (exact) mass is 296 g/mol. The second-order valence-corrected chi connectivity index (χ2v) is 5.31. The number of nitrogens with zero attached hydrogens (tertiary/aromatic N) is 1. The minimum Gasteiger partial charge on any atom is -0.494 e. The summed E-state index contributed by atoms with van der Waals surface area (Å²) in [6.07, 6.45) is 0.419. The molecule has 1 aromatic carbocycles. The molecular formula is C14H20N2O5. The SMILES string of the molecule is CCOc1cc(NC(C)(C)CCC(=O)O)cc([N+](=O)[O-])c1. The van der Waals surface area contributed by atoms with Gasteiger partial charge >= 0.3 is 5.97 Å². The van der Waals surface area contributed by atoms with E-state index in [4.69, 9.17) is 9.84 Å². The van der Waals surface area contributed by atoms with Crippen molar-refractivity contribution >= 4 is 17.3 Å². The van der Waals surface area contributed by atoms with Gasteiger partial charge in [0.2, 0.25) is 0 Å². The van der Waals surface area contributed by atoms with Gasteiger partial charge in [0.1, 0.15) is 5.75 Å². The van der Waals surface area contributed by atoms with E-state index in [9.17, 15) is 14.9 Å². The number of ether oxygens (including phenoxy) is 1. The maximum absolute atomic E-state index is 10.9. The second-order valence-electron chi connectivity index (χ2n) is 5.31. The van der Waals surface area contributed by atoms with Crippen molar-refractivity contribution in [1.29, 1.82) is 0 Å². The summed E-state index contributed by atoms with van der Waals surface area (Å²) >= 11 is 0. The standard InChI is InChI=1S/C14H20N2O5/c1-4-21-12-8-10(7-11(9-12)16(19)20)15-14(2,3)6-5-13(17)18/h7-9,15H,4-6H2,1-3H3,(H,17,18). The third kappa shape index (κ3) is 5.68. The van der Waals surface area contributed by atoms with Crippen LogP contribution in [-0.4, -0.2) is 28.1 Å². The first-order valence-electron chi connectivity index (χ1n) is 6.66. The highest BCUT2D eigenvalue weighted by atomic mass is 16.6. The fraction of sp³-hybridized carbons (Fsp3) is 0.500. The minimum absolute atomic E-state index is 0.0211. The quantitative estimate of drug-likeness (QED) is 0.564. The number of hydrogen-bond acceptors (Lipinski definition) is 5. The smallest absolute Gasteiger partial charge is 0.303 e. The van der Waals surface area contributed by atoms with E-state index in [0.717, 1.165) is 0 Å². The van der Waals surface area contributed by atoms with Crippen molar-refractivity contribution in [1.82, 2.24) is 0 Å². The fourth-order valence-electron chi connectivity index (χ4n) is 1.88. The molecule has 0 saturated carbocycles. The molecule has 1 aromatic rings. The van der Waals surface area contributed by atoms with Crippen LogP contribution in [0.25, 0.3) is 0 Å². The molecule has 0 atom stereocenters. The number of carboxylic acids is 1. The molecule has 2 N–H and O–H groups in total. The Morgan fingerprint density at radius 3 is 2.62 bits per heavy atom. The Balaban J connectivity index is 2.95. The molecule has 21 heavy (non-hydrogen) atoms. The number of carbonyl (C=O) groups is 1. The number of anilines is 1. The maximum Gasteiger partial charge on any atom is 0.303 e. The Morgan fingerprint density at radius 2 is 2.10 bits per heavy atom. The summed E-state index contributed by atoms with van der Waals surface area (Å²) < 4.78 is 5.31. The van der Waals surface area contributed by atoms with Gasteiger partial charge in [-0.2, -0.15) is 0 Å². The van der Waals surface area contributed by atoms with Crippen molar-refractivity contribution in [2.45, 2.75) is 39.2 Å². The van der Waals surface area contributed by atoms with Crippen molar-refractivity contribution in [3.8, 4) is 5.75 Å². The highest BCUT2D eigenvalue weighted by Gasteiger charge is 2.20. The van der Waals surface area contributed by atoms with Crippen LogP contribution in [0.1, 0.15) is 33.6 Å². The number of aliphatic carboxylic acids is 1. The lowest BCUT2D eigenvalue weighted by Gasteiger charge is -2.27. The largest absolute Gasteiger partial charge is 0.494 e. The van der Waals surface area contributed by atoms with Gasteiger partial charge in [-0.05, 0) is 27.2 Å². The van der Waals surface area contributed by atoms with E-state index in [0.29, 0.717) is 24.5 Å². The molecule has 116 valence electrons. The summed E-state index contributed by atoms with van der Waals surface area (Å²) in [4.78, 5) is 21.1. The van der Waals surface area contributed by atoms with Crippen LogP contribution in [0.15, 0.2) is 18.2 Å². The Morgan fingerprint density at radius 1 is 1.43 bits per heavy atom. The van der Waals surface area contributed by atoms with Crippen molar-refractivity contribution < 1.29 is 19.6 Å². The molecule has 0 fully saturated rings. The fourth-order valence-corrected chi connectivity index (χ4v) is 1.88. The van der Waals surface area contributed by atoms with Crippen LogP contribution < -0.4 is 10.1 Å². The minimum atomic E-state index is -0.876. The van der Waals surface area contributed by atoms with E-state index in [1.807, 2.05) is 13.8 Å². The average Bonchev–Trinajstić information content (AvgIpc) is 2.36. The van der Waals surface area contributed by atoms with E-state index in [1.54, 1.807) is 13.0 Å². The van der Waals surface area contributed by atoms with Gasteiger partial charge in [-0.1, -0.05) is 0 Å². The molecule has 0 aromatic heterocycles. The van der Waals surface area contributed by atoms with Gasteiger partial charge in [-0.3, -0.25) is 14.9 Å². The first kappa shape index (κ1) is 16.7. The molecule has 0 aliphatic heterocycles. The molecule has 0 unspecified atom stereocenters. The average molecular weight is 296 g/mol. The Kier molecular flexibility index (Phi) is 5.52. The van der Waals surface area contributed by atoms with E-state index in [2.05, 4.69) is 5.32 Å². The Bertz CT molecular complexity index is 528. The summed E-state index contributed by atoms with van der Waals surface area (Å²) in [7, 11) is 0. The molecule has 0 saturated heterocycles. The van der Waals surface area contributed by atoms with Crippen molar-refractivity contribution in [3.05, 3.63) is 28.3 Å². The Labute approximate surface area is 123 Å². The zero-order chi connectivity index (χ0) is 16.0. The lowest BCUT2D eigenvalue weighted by molar-refractivity contribution is -0.384. The molecule has 0 radical (unpaired) electrons. The predicted molar refractivity (Wildman–Crippen MR) is 78.8 cm³/mol. The summed E-state index contributed by atoms with van der Waals surface area (Å²) in [6, 6.07) is 4.43. The predicted octanol–water partition coefficient (Wildman–Crippen LogP) is 3.05. The first-order chi connectivity index (χ1) is 9.73. The van der Waals surface area contributed by atoms with Crippen LogP contribution in [0.2, 0.25) is 0 Å². The van der Waals surface area contributed by atoms with Crippen LogP contribution in [0.5, 0.6) is 5.75 Å². The highest BCUT2D eigenvalue weighted by molar-refractivity contribution is 5.67. The van der Waals surface area contributed by atoms with Gasteiger partial charge < -0.3 is 15.2 Å². The van der Waals surface area contributed by atoms with Crippen molar-refractivity contribution in [2.24, 2.45) is 0 Å². The molecular weight excluding hydrogens is 276 g/mol. The van der Waals surface area contributed by atoms with Gasteiger partial charge in [0.05, 0.1) is 17.6 Å². The zero-order valence-corrected chi connectivity index (χ0v) is 12.4. The molecule has 0 spiro atoms. The van der Waals surface area contributed by atoms with E-state index in [-0.39, 0.29) is 12.1 Å². The molecule has 7 nitrogen and oxygen atoms in total. The number of benzene rings is 1. The third-order valence-corrected chi connectivity index (χ3v) is 2.86. The summed E-state index contributed by atoms with van der Waals surface area (Å²) in [5.41, 5.74) is -0.0441. The first-order valence-corrected chi connectivity index (χ1v) is 6.66. The number of carboxylic acid groups (broad SMARTS) is 1. The lowest BCUT2D eigenvalue weighted by Crippen LogP contribution is -2.31. The van der Waals surface area contributed by atoms with E-state index >= 15 is 0 Å². The van der Waals surface area contributed by atoms with Gasteiger partial charge in [0.25, 0.3) is 5.69 Å². The molecule has 1 rings (SSSR count). The number of nitro benzene ring substituents is 1. The molecule has 0 aliphatic carbocycles. The molecule has 0 heterocycles. The second kappa shape index (κ2) is 6.92. The third-order valence-electron chi connectivity index (χ3n) is 2.86. The van der Waals surface area contributed by atoms with Crippen molar-refractivity contribution in [2.75, 3.05) is 11.9 Å². The summed E-state index contributed by atoms with van der Waals surface area (Å²) in [6.45, 7) is 5.88. The number of nitro groups is 1.